The Labute approximate surface area is 211 Å². The van der Waals surface area contributed by atoms with Gasteiger partial charge in [-0.3, -0.25) is 13.9 Å². The summed E-state index contributed by atoms with van der Waals surface area (Å²) < 4.78 is 41.8. The van der Waals surface area contributed by atoms with Crippen molar-refractivity contribution in [2.24, 2.45) is 0 Å². The van der Waals surface area contributed by atoms with Gasteiger partial charge in [0.25, 0.3) is 10.0 Å². The molecule has 1 atom stereocenters. The van der Waals surface area contributed by atoms with E-state index in [4.69, 9.17) is 0 Å². The maximum atomic E-state index is 13.6. The Balaban J connectivity index is 2.01. The second-order valence-corrected chi connectivity index (χ2v) is 10.2. The normalized spacial score (nSPS) is 12.0. The molecule has 190 valence electrons. The second kappa shape index (κ2) is 11.8. The van der Waals surface area contributed by atoms with Crippen LogP contribution in [0.15, 0.2) is 83.8 Å². The lowest BCUT2D eigenvalue weighted by molar-refractivity contribution is -0.139. The molecule has 1 N–H and O–H groups in total. The fourth-order valence-corrected chi connectivity index (χ4v) is 5.07. The van der Waals surface area contributed by atoms with Crippen molar-refractivity contribution in [3.05, 3.63) is 95.8 Å². The van der Waals surface area contributed by atoms with E-state index >= 15 is 0 Å². The number of hydrogen-bond donors (Lipinski definition) is 1. The highest BCUT2D eigenvalue weighted by Gasteiger charge is 2.32. The number of benzene rings is 3. The Morgan fingerprint density at radius 3 is 2.14 bits per heavy atom. The number of sulfonamides is 1. The van der Waals surface area contributed by atoms with Gasteiger partial charge in [-0.1, -0.05) is 48.0 Å². The average molecular weight is 512 g/mol. The molecule has 0 saturated carbocycles. The first kappa shape index (κ1) is 26.9. The predicted molar refractivity (Wildman–Crippen MR) is 137 cm³/mol. The lowest BCUT2D eigenvalue weighted by Gasteiger charge is -2.32. The van der Waals surface area contributed by atoms with Crippen molar-refractivity contribution in [3.63, 3.8) is 0 Å². The molecule has 0 aliphatic carbocycles. The maximum Gasteiger partial charge on any atom is 0.264 e. The number of amides is 2. The predicted octanol–water partition coefficient (Wildman–Crippen LogP) is 3.88. The molecular weight excluding hydrogens is 481 g/mol. The molecule has 0 spiro atoms. The zero-order chi connectivity index (χ0) is 26.3. The zero-order valence-electron chi connectivity index (χ0n) is 20.5. The van der Waals surface area contributed by atoms with Crippen molar-refractivity contribution < 1.29 is 22.4 Å². The van der Waals surface area contributed by atoms with E-state index in [-0.39, 0.29) is 23.0 Å². The average Bonchev–Trinajstić information content (AvgIpc) is 2.87. The molecule has 0 fully saturated rings. The number of hydrogen-bond acceptors (Lipinski definition) is 4. The summed E-state index contributed by atoms with van der Waals surface area (Å²) in [7, 11) is -4.18. The molecule has 0 aromatic heterocycles. The number of nitrogens with zero attached hydrogens (tertiary/aromatic N) is 2. The topological polar surface area (TPSA) is 86.8 Å². The van der Waals surface area contributed by atoms with Crippen molar-refractivity contribution in [2.75, 3.05) is 17.4 Å². The van der Waals surface area contributed by atoms with Gasteiger partial charge < -0.3 is 10.2 Å². The van der Waals surface area contributed by atoms with Gasteiger partial charge in [-0.2, -0.15) is 0 Å². The Morgan fingerprint density at radius 2 is 1.56 bits per heavy atom. The molecule has 0 saturated heterocycles. The molecule has 0 aliphatic heterocycles. The second-order valence-electron chi connectivity index (χ2n) is 8.38. The third kappa shape index (κ3) is 6.48. The van der Waals surface area contributed by atoms with E-state index in [9.17, 15) is 22.4 Å². The summed E-state index contributed by atoms with van der Waals surface area (Å²) in [5.41, 5.74) is 1.80. The van der Waals surface area contributed by atoms with E-state index < -0.39 is 34.3 Å². The van der Waals surface area contributed by atoms with Gasteiger partial charge in [0, 0.05) is 13.1 Å². The number of aryl methyl sites for hydroxylation is 1. The zero-order valence-corrected chi connectivity index (χ0v) is 21.3. The SMILES string of the molecule is CCNC(=O)[C@@H](C)N(Cc1ccccc1)C(=O)CN(c1ccc(F)cc1)S(=O)(=O)c1ccc(C)cc1. The van der Waals surface area contributed by atoms with Crippen LogP contribution in [-0.2, 0) is 26.2 Å². The van der Waals surface area contributed by atoms with Crippen LogP contribution < -0.4 is 9.62 Å². The van der Waals surface area contributed by atoms with Crippen LogP contribution >= 0.6 is 0 Å². The van der Waals surface area contributed by atoms with Gasteiger partial charge in [-0.25, -0.2) is 12.8 Å². The lowest BCUT2D eigenvalue weighted by Crippen LogP contribution is -2.51. The van der Waals surface area contributed by atoms with Crippen LogP contribution in [0.5, 0.6) is 0 Å². The molecule has 0 heterocycles. The fourth-order valence-electron chi connectivity index (χ4n) is 3.66. The third-order valence-corrected chi connectivity index (χ3v) is 7.50. The van der Waals surface area contributed by atoms with E-state index in [0.717, 1.165) is 27.6 Å². The summed E-state index contributed by atoms with van der Waals surface area (Å²) >= 11 is 0. The van der Waals surface area contributed by atoms with Crippen LogP contribution in [0.1, 0.15) is 25.0 Å². The number of halogens is 1. The maximum absolute atomic E-state index is 13.6. The van der Waals surface area contributed by atoms with E-state index in [1.807, 2.05) is 37.3 Å². The van der Waals surface area contributed by atoms with Crippen molar-refractivity contribution in [1.82, 2.24) is 10.2 Å². The smallest absolute Gasteiger partial charge is 0.264 e. The quantitative estimate of drug-likeness (QED) is 0.448. The highest BCUT2D eigenvalue weighted by Crippen LogP contribution is 2.25. The molecule has 0 aliphatic rings. The number of rotatable bonds is 10. The highest BCUT2D eigenvalue weighted by atomic mass is 32.2. The number of carbonyl (C=O) groups excluding carboxylic acids is 2. The third-order valence-electron chi connectivity index (χ3n) is 5.72. The minimum absolute atomic E-state index is 0.00314. The molecule has 0 bridgehead atoms. The van der Waals surface area contributed by atoms with Crippen LogP contribution in [0.3, 0.4) is 0 Å². The van der Waals surface area contributed by atoms with Crippen LogP contribution in [0, 0.1) is 12.7 Å². The van der Waals surface area contributed by atoms with E-state index in [0.29, 0.717) is 6.54 Å². The summed E-state index contributed by atoms with van der Waals surface area (Å²) in [6.45, 7) is 5.14. The number of likely N-dealkylation sites (N-methyl/N-ethyl adjacent to an activating group) is 1. The first-order chi connectivity index (χ1) is 17.1. The Bertz CT molecular complexity index is 1280. The molecule has 9 heteroatoms. The standard InChI is InChI=1S/C27H30FN3O4S/c1-4-29-27(33)21(3)30(18-22-8-6-5-7-9-22)26(32)19-31(24-14-12-23(28)13-15-24)36(34,35)25-16-10-20(2)11-17-25/h5-17,21H,4,18-19H2,1-3H3,(H,29,33)/t21-/m1/s1. The van der Waals surface area contributed by atoms with Gasteiger partial charge in [0.1, 0.15) is 18.4 Å². The number of nitrogens with one attached hydrogen (secondary N) is 1. The fraction of sp³-hybridized carbons (Fsp3) is 0.259. The van der Waals surface area contributed by atoms with Crippen LogP contribution in [-0.4, -0.2) is 44.3 Å². The van der Waals surface area contributed by atoms with Gasteiger partial charge in [-0.15, -0.1) is 0 Å². The van der Waals surface area contributed by atoms with Crippen molar-refractivity contribution in [1.29, 1.82) is 0 Å². The van der Waals surface area contributed by atoms with Gasteiger partial charge in [0.2, 0.25) is 11.8 Å². The highest BCUT2D eigenvalue weighted by molar-refractivity contribution is 7.92. The molecule has 2 amide bonds. The van der Waals surface area contributed by atoms with E-state index in [2.05, 4.69) is 5.32 Å². The molecule has 7 nitrogen and oxygen atoms in total. The minimum Gasteiger partial charge on any atom is -0.355 e. The molecule has 3 aromatic carbocycles. The lowest BCUT2D eigenvalue weighted by atomic mass is 10.1. The summed E-state index contributed by atoms with van der Waals surface area (Å²) in [5.74, 6) is -1.46. The Morgan fingerprint density at radius 1 is 0.944 bits per heavy atom. The number of carbonyl (C=O) groups is 2. The molecule has 3 rings (SSSR count). The Hall–Kier alpha value is -3.72. The van der Waals surface area contributed by atoms with Gasteiger partial charge >= 0.3 is 0 Å². The van der Waals surface area contributed by atoms with Gasteiger partial charge in [0.15, 0.2) is 0 Å². The minimum atomic E-state index is -4.18. The summed E-state index contributed by atoms with van der Waals surface area (Å²) in [4.78, 5) is 27.6. The van der Waals surface area contributed by atoms with Crippen LogP contribution in [0.25, 0.3) is 0 Å². The van der Waals surface area contributed by atoms with E-state index in [1.54, 1.807) is 26.0 Å². The summed E-state index contributed by atoms with van der Waals surface area (Å²) in [6.07, 6.45) is 0. The molecular formula is C27H30FN3O4S. The first-order valence-electron chi connectivity index (χ1n) is 11.6. The first-order valence-corrected chi connectivity index (χ1v) is 13.0. The molecule has 0 unspecified atom stereocenters. The molecule has 0 radical (unpaired) electrons. The van der Waals surface area contributed by atoms with E-state index in [1.165, 1.54) is 29.2 Å². The van der Waals surface area contributed by atoms with Crippen molar-refractivity contribution >= 4 is 27.5 Å². The van der Waals surface area contributed by atoms with Crippen LogP contribution in [0.4, 0.5) is 10.1 Å². The van der Waals surface area contributed by atoms with Crippen molar-refractivity contribution in [2.45, 2.75) is 38.3 Å². The molecule has 36 heavy (non-hydrogen) atoms. The molecule has 3 aromatic rings. The summed E-state index contributed by atoms with van der Waals surface area (Å²) in [6, 6.07) is 19.4. The van der Waals surface area contributed by atoms with Gasteiger partial charge in [0.05, 0.1) is 10.6 Å². The largest absolute Gasteiger partial charge is 0.355 e. The summed E-state index contributed by atoms with van der Waals surface area (Å²) in [5, 5.41) is 2.71. The van der Waals surface area contributed by atoms with Gasteiger partial charge in [-0.05, 0) is 62.7 Å². The van der Waals surface area contributed by atoms with Crippen molar-refractivity contribution in [3.8, 4) is 0 Å². The Kier molecular flexibility index (Phi) is 8.82. The monoisotopic (exact) mass is 511 g/mol. The number of anilines is 1. The van der Waals surface area contributed by atoms with Crippen LogP contribution in [0.2, 0.25) is 0 Å².